The summed E-state index contributed by atoms with van der Waals surface area (Å²) < 4.78 is 38.8. The monoisotopic (exact) mass is 461 g/mol. The van der Waals surface area contributed by atoms with E-state index in [1.165, 1.54) is 12.1 Å². The average molecular weight is 462 g/mol. The molecule has 2 N–H and O–H groups in total. The number of nitrogens with one attached hydrogen (secondary N) is 2. The first-order valence-electron chi connectivity index (χ1n) is 8.82. The summed E-state index contributed by atoms with van der Waals surface area (Å²) in [5.74, 6) is -0.737. The summed E-state index contributed by atoms with van der Waals surface area (Å²) in [6, 6.07) is 2.61. The summed E-state index contributed by atoms with van der Waals surface area (Å²) in [6.45, 7) is 1.52. The Morgan fingerprint density at radius 1 is 1.32 bits per heavy atom. The second-order valence-corrected chi connectivity index (χ2v) is 8.18. The summed E-state index contributed by atoms with van der Waals surface area (Å²) in [4.78, 5) is 38.0. The van der Waals surface area contributed by atoms with Crippen molar-refractivity contribution in [1.29, 1.82) is 0 Å². The van der Waals surface area contributed by atoms with Crippen LogP contribution in [0.5, 0.6) is 0 Å². The number of carbonyl (C=O) groups excluding carboxylic acids is 3. The fourth-order valence-corrected chi connectivity index (χ4v) is 4.05. The molecule has 1 heterocycles. The van der Waals surface area contributed by atoms with Crippen molar-refractivity contribution in [2.45, 2.75) is 44.3 Å². The number of halogens is 4. The van der Waals surface area contributed by atoms with Crippen molar-refractivity contribution in [2.24, 2.45) is 5.92 Å². The molecule has 1 aliphatic carbocycles. The fourth-order valence-electron chi connectivity index (χ4n) is 3.58. The van der Waals surface area contributed by atoms with Crippen molar-refractivity contribution in [3.05, 3.63) is 28.2 Å². The minimum absolute atomic E-state index is 0.0752. The number of amides is 4. The van der Waals surface area contributed by atoms with Crippen molar-refractivity contribution in [2.75, 3.05) is 11.9 Å². The van der Waals surface area contributed by atoms with Gasteiger partial charge in [-0.05, 0) is 49.8 Å². The molecule has 2 aliphatic rings. The van der Waals surface area contributed by atoms with Gasteiger partial charge >= 0.3 is 12.2 Å². The van der Waals surface area contributed by atoms with Crippen LogP contribution in [0.15, 0.2) is 22.7 Å². The molecule has 1 aromatic rings. The lowest BCUT2D eigenvalue weighted by molar-refractivity contribution is -0.138. The molecule has 2 fully saturated rings. The van der Waals surface area contributed by atoms with Crippen LogP contribution in [0.3, 0.4) is 0 Å². The van der Waals surface area contributed by atoms with Crippen LogP contribution < -0.4 is 10.6 Å². The van der Waals surface area contributed by atoms with Crippen molar-refractivity contribution in [1.82, 2.24) is 10.2 Å². The van der Waals surface area contributed by atoms with Crippen LogP contribution in [0.25, 0.3) is 0 Å². The zero-order chi connectivity index (χ0) is 20.7. The molecule has 1 aromatic carbocycles. The zero-order valence-electron chi connectivity index (χ0n) is 15.0. The molecule has 28 heavy (non-hydrogen) atoms. The second-order valence-electron chi connectivity index (χ2n) is 7.33. The van der Waals surface area contributed by atoms with Crippen LogP contribution in [0.2, 0.25) is 0 Å². The first kappa shape index (κ1) is 20.6. The first-order valence-corrected chi connectivity index (χ1v) is 9.62. The Kier molecular flexibility index (Phi) is 5.44. The van der Waals surface area contributed by atoms with Crippen molar-refractivity contribution >= 4 is 39.5 Å². The van der Waals surface area contributed by atoms with Crippen LogP contribution in [-0.4, -0.2) is 34.8 Å². The van der Waals surface area contributed by atoms with Gasteiger partial charge in [-0.25, -0.2) is 4.79 Å². The lowest BCUT2D eigenvalue weighted by atomic mass is 9.77. The van der Waals surface area contributed by atoms with E-state index in [4.69, 9.17) is 0 Å². The quantitative estimate of drug-likeness (QED) is 0.669. The van der Waals surface area contributed by atoms with E-state index in [-0.39, 0.29) is 10.2 Å². The number of nitrogens with zero attached hydrogens (tertiary/aromatic N) is 1. The zero-order valence-corrected chi connectivity index (χ0v) is 16.6. The highest BCUT2D eigenvalue weighted by Crippen LogP contribution is 2.37. The normalized spacial score (nSPS) is 25.2. The van der Waals surface area contributed by atoms with Gasteiger partial charge in [0.15, 0.2) is 0 Å². The van der Waals surface area contributed by atoms with E-state index in [2.05, 4.69) is 33.5 Å². The molecule has 1 spiro atoms. The summed E-state index contributed by atoms with van der Waals surface area (Å²) in [6.07, 6.45) is -1.97. The molecule has 152 valence electrons. The number of anilines is 1. The van der Waals surface area contributed by atoms with Gasteiger partial charge in [0.1, 0.15) is 12.1 Å². The maximum atomic E-state index is 13.0. The third kappa shape index (κ3) is 4.01. The predicted molar refractivity (Wildman–Crippen MR) is 98.4 cm³/mol. The SMILES string of the molecule is CC1CCC2(CC1)NC(=O)N(CC(=O)Nc1ccc(Br)c(C(F)(F)F)c1)C2=O. The molecule has 0 unspecified atom stereocenters. The smallest absolute Gasteiger partial charge is 0.325 e. The minimum Gasteiger partial charge on any atom is -0.325 e. The molecular weight excluding hydrogens is 443 g/mol. The third-order valence-electron chi connectivity index (χ3n) is 5.23. The standard InChI is InChI=1S/C18H19BrF3N3O3/c1-10-4-6-17(7-5-10)15(27)25(16(28)24-17)9-14(26)23-11-2-3-13(19)12(8-11)18(20,21)22/h2-3,8,10H,4-7,9H2,1H3,(H,23,26)(H,24,28). The van der Waals surface area contributed by atoms with Crippen LogP contribution in [0, 0.1) is 5.92 Å². The summed E-state index contributed by atoms with van der Waals surface area (Å²) in [5.41, 5.74) is -1.98. The average Bonchev–Trinajstić information content (AvgIpc) is 2.83. The Labute approximate surface area is 168 Å². The van der Waals surface area contributed by atoms with Gasteiger partial charge in [0.05, 0.1) is 5.56 Å². The Morgan fingerprint density at radius 3 is 2.57 bits per heavy atom. The highest BCUT2D eigenvalue weighted by atomic mass is 79.9. The molecule has 0 atom stereocenters. The van der Waals surface area contributed by atoms with E-state index in [0.717, 1.165) is 23.8 Å². The Bertz CT molecular complexity index is 820. The topological polar surface area (TPSA) is 78.5 Å². The maximum Gasteiger partial charge on any atom is 0.417 e. The lowest BCUT2D eigenvalue weighted by Gasteiger charge is -2.33. The highest BCUT2D eigenvalue weighted by Gasteiger charge is 2.52. The van der Waals surface area contributed by atoms with E-state index in [9.17, 15) is 27.6 Å². The number of benzene rings is 1. The molecule has 1 aliphatic heterocycles. The molecule has 3 rings (SSSR count). The molecule has 1 saturated carbocycles. The number of hydrogen-bond acceptors (Lipinski definition) is 3. The van der Waals surface area contributed by atoms with Gasteiger partial charge < -0.3 is 10.6 Å². The molecule has 4 amide bonds. The first-order chi connectivity index (χ1) is 13.0. The van der Waals surface area contributed by atoms with Crippen LogP contribution >= 0.6 is 15.9 Å². The van der Waals surface area contributed by atoms with Gasteiger partial charge in [0, 0.05) is 10.2 Å². The van der Waals surface area contributed by atoms with E-state index < -0.39 is 41.7 Å². The Morgan fingerprint density at radius 2 is 1.96 bits per heavy atom. The van der Waals surface area contributed by atoms with E-state index in [1.54, 1.807) is 0 Å². The van der Waals surface area contributed by atoms with Crippen molar-refractivity contribution in [3.63, 3.8) is 0 Å². The number of carbonyl (C=O) groups is 3. The van der Waals surface area contributed by atoms with Crippen molar-refractivity contribution in [3.8, 4) is 0 Å². The Hall–Kier alpha value is -2.10. The van der Waals surface area contributed by atoms with Crippen molar-refractivity contribution < 1.29 is 27.6 Å². The summed E-state index contributed by atoms with van der Waals surface area (Å²) in [7, 11) is 0. The largest absolute Gasteiger partial charge is 0.417 e. The number of imide groups is 1. The van der Waals surface area contributed by atoms with E-state index >= 15 is 0 Å². The number of rotatable bonds is 3. The highest BCUT2D eigenvalue weighted by molar-refractivity contribution is 9.10. The van der Waals surface area contributed by atoms with Crippen LogP contribution in [0.1, 0.15) is 38.2 Å². The van der Waals surface area contributed by atoms with Gasteiger partial charge in [-0.15, -0.1) is 0 Å². The summed E-state index contributed by atoms with van der Waals surface area (Å²) in [5, 5.41) is 5.01. The molecule has 0 radical (unpaired) electrons. The molecule has 10 heteroatoms. The molecule has 0 bridgehead atoms. The van der Waals surface area contributed by atoms with E-state index in [0.29, 0.717) is 18.8 Å². The van der Waals surface area contributed by atoms with Gasteiger partial charge in [-0.3, -0.25) is 14.5 Å². The van der Waals surface area contributed by atoms with Gasteiger partial charge in [-0.2, -0.15) is 13.2 Å². The van der Waals surface area contributed by atoms with Gasteiger partial charge in [0.2, 0.25) is 5.91 Å². The molecule has 0 aromatic heterocycles. The predicted octanol–water partition coefficient (Wildman–Crippen LogP) is 3.91. The second kappa shape index (κ2) is 7.38. The fraction of sp³-hybridized carbons (Fsp3) is 0.500. The number of hydrogen-bond donors (Lipinski definition) is 2. The van der Waals surface area contributed by atoms with Gasteiger partial charge in [-0.1, -0.05) is 22.9 Å². The molecular formula is C18H19BrF3N3O3. The molecule has 1 saturated heterocycles. The summed E-state index contributed by atoms with van der Waals surface area (Å²) >= 11 is 2.83. The number of alkyl halides is 3. The van der Waals surface area contributed by atoms with E-state index in [1.807, 2.05) is 0 Å². The van der Waals surface area contributed by atoms with Crippen LogP contribution in [0.4, 0.5) is 23.7 Å². The maximum absolute atomic E-state index is 13.0. The molecule has 6 nitrogen and oxygen atoms in total. The third-order valence-corrected chi connectivity index (χ3v) is 5.92. The van der Waals surface area contributed by atoms with Gasteiger partial charge in [0.25, 0.3) is 5.91 Å². The Balaban J connectivity index is 1.69. The van der Waals surface area contributed by atoms with Crippen LogP contribution in [-0.2, 0) is 15.8 Å². The number of urea groups is 1. The minimum atomic E-state index is -4.59. The lowest BCUT2D eigenvalue weighted by Crippen LogP contribution is -2.49.